The molecule has 0 bridgehead atoms. The molecule has 1 N–H and O–H groups in total. The molecule has 28 heavy (non-hydrogen) atoms. The minimum atomic E-state index is -0.309. The van der Waals surface area contributed by atoms with E-state index in [9.17, 15) is 9.59 Å². The van der Waals surface area contributed by atoms with Gasteiger partial charge in [-0.1, -0.05) is 30.3 Å². The molecule has 0 saturated heterocycles. The van der Waals surface area contributed by atoms with E-state index in [2.05, 4.69) is 10.3 Å². The first-order valence-corrected chi connectivity index (χ1v) is 9.60. The average Bonchev–Trinajstić information content (AvgIpc) is 3.59. The van der Waals surface area contributed by atoms with E-state index in [1.165, 1.54) is 0 Å². The Morgan fingerprint density at radius 2 is 1.61 bits per heavy atom. The lowest BCUT2D eigenvalue weighted by molar-refractivity contribution is -0.117. The first kappa shape index (κ1) is 18.1. The number of carbonyl (C=O) groups is 2. The molecule has 1 aliphatic carbocycles. The smallest absolute Gasteiger partial charge is 0.232 e. The predicted octanol–water partition coefficient (Wildman–Crippen LogP) is 4.64. The first-order valence-electron chi connectivity index (χ1n) is 9.60. The molecule has 4 heteroatoms. The number of ketones is 1. The van der Waals surface area contributed by atoms with E-state index < -0.39 is 0 Å². The van der Waals surface area contributed by atoms with Crippen molar-refractivity contribution in [1.29, 1.82) is 0 Å². The zero-order valence-electron chi connectivity index (χ0n) is 15.5. The Bertz CT molecular complexity index is 949. The summed E-state index contributed by atoms with van der Waals surface area (Å²) in [6.45, 7) is 0. The van der Waals surface area contributed by atoms with Gasteiger partial charge in [0, 0.05) is 29.6 Å². The number of anilines is 1. The van der Waals surface area contributed by atoms with Crippen molar-refractivity contribution >= 4 is 17.4 Å². The Labute approximate surface area is 164 Å². The molecular formula is C24H22N2O2. The van der Waals surface area contributed by atoms with E-state index in [4.69, 9.17) is 0 Å². The van der Waals surface area contributed by atoms with Gasteiger partial charge in [0.2, 0.25) is 5.91 Å². The Kier molecular flexibility index (Phi) is 5.29. The fourth-order valence-corrected chi connectivity index (χ4v) is 3.33. The minimum Gasteiger partial charge on any atom is -0.326 e. The molecule has 140 valence electrons. The van der Waals surface area contributed by atoms with Crippen LogP contribution < -0.4 is 5.32 Å². The molecule has 1 atom stereocenters. The highest BCUT2D eigenvalue weighted by Crippen LogP contribution is 2.33. The number of pyridine rings is 1. The maximum absolute atomic E-state index is 13.1. The highest BCUT2D eigenvalue weighted by Gasteiger charge is 2.30. The predicted molar refractivity (Wildman–Crippen MR) is 109 cm³/mol. The summed E-state index contributed by atoms with van der Waals surface area (Å²) in [6.07, 6.45) is 6.06. The van der Waals surface area contributed by atoms with Crippen LogP contribution >= 0.6 is 0 Å². The van der Waals surface area contributed by atoms with Crippen molar-refractivity contribution in [2.24, 2.45) is 5.92 Å². The van der Waals surface area contributed by atoms with Crippen LogP contribution in [0, 0.1) is 5.92 Å². The Morgan fingerprint density at radius 1 is 0.929 bits per heavy atom. The second-order valence-electron chi connectivity index (χ2n) is 7.23. The lowest BCUT2D eigenvalue weighted by atomic mass is 9.91. The van der Waals surface area contributed by atoms with Crippen molar-refractivity contribution in [3.8, 4) is 0 Å². The quantitative estimate of drug-likeness (QED) is 0.617. The standard InChI is InChI=1S/C24H22N2O2/c27-23(19-6-7-19)20-8-10-21(11-9-20)26-24(28)22(18-4-2-1-3-5-18)16-17-12-14-25-15-13-17/h1-5,8-15,19,22H,6-7,16H2,(H,26,28). The van der Waals surface area contributed by atoms with Gasteiger partial charge in [-0.25, -0.2) is 0 Å². The highest BCUT2D eigenvalue weighted by molar-refractivity contribution is 6.00. The van der Waals surface area contributed by atoms with Crippen LogP contribution in [-0.4, -0.2) is 16.7 Å². The number of amides is 1. The van der Waals surface area contributed by atoms with Gasteiger partial charge in [-0.05, 0) is 66.8 Å². The van der Waals surface area contributed by atoms with Crippen LogP contribution in [0.5, 0.6) is 0 Å². The summed E-state index contributed by atoms with van der Waals surface area (Å²) in [7, 11) is 0. The van der Waals surface area contributed by atoms with E-state index in [-0.39, 0.29) is 23.5 Å². The lowest BCUT2D eigenvalue weighted by Crippen LogP contribution is -2.23. The molecule has 4 nitrogen and oxygen atoms in total. The summed E-state index contributed by atoms with van der Waals surface area (Å²) in [4.78, 5) is 29.3. The molecule has 0 radical (unpaired) electrons. The van der Waals surface area contributed by atoms with Crippen molar-refractivity contribution < 1.29 is 9.59 Å². The largest absolute Gasteiger partial charge is 0.326 e. The van der Waals surface area contributed by atoms with Crippen molar-refractivity contribution in [2.75, 3.05) is 5.32 Å². The van der Waals surface area contributed by atoms with Crippen molar-refractivity contribution in [3.63, 3.8) is 0 Å². The van der Waals surface area contributed by atoms with Crippen LogP contribution in [0.2, 0.25) is 0 Å². The summed E-state index contributed by atoms with van der Waals surface area (Å²) >= 11 is 0. The monoisotopic (exact) mass is 370 g/mol. The second kappa shape index (κ2) is 8.17. The number of carbonyl (C=O) groups excluding carboxylic acids is 2. The van der Waals surface area contributed by atoms with Crippen LogP contribution in [0.15, 0.2) is 79.1 Å². The molecule has 4 rings (SSSR count). The minimum absolute atomic E-state index is 0.0655. The molecule has 0 aliphatic heterocycles. The van der Waals surface area contributed by atoms with Gasteiger partial charge in [0.25, 0.3) is 0 Å². The fourth-order valence-electron chi connectivity index (χ4n) is 3.33. The summed E-state index contributed by atoms with van der Waals surface area (Å²) in [5.74, 6) is 0.0293. The molecule has 3 aromatic rings. The molecule has 1 heterocycles. The highest BCUT2D eigenvalue weighted by atomic mass is 16.2. The number of benzene rings is 2. The maximum Gasteiger partial charge on any atom is 0.232 e. The topological polar surface area (TPSA) is 59.1 Å². The molecule has 1 saturated carbocycles. The SMILES string of the molecule is O=C(c1ccc(NC(=O)C(Cc2ccncc2)c2ccccc2)cc1)C1CC1. The van der Waals surface area contributed by atoms with Gasteiger partial charge in [0.05, 0.1) is 5.92 Å². The lowest BCUT2D eigenvalue weighted by Gasteiger charge is -2.17. The van der Waals surface area contributed by atoms with Crippen molar-refractivity contribution in [3.05, 3.63) is 95.8 Å². The van der Waals surface area contributed by atoms with Gasteiger partial charge >= 0.3 is 0 Å². The number of hydrogen-bond donors (Lipinski definition) is 1. The van der Waals surface area contributed by atoms with E-state index in [0.717, 1.165) is 29.5 Å². The number of aromatic nitrogens is 1. The van der Waals surface area contributed by atoms with E-state index >= 15 is 0 Å². The molecule has 1 aliphatic rings. The average molecular weight is 370 g/mol. The van der Waals surface area contributed by atoms with Gasteiger partial charge in [-0.3, -0.25) is 14.6 Å². The Balaban J connectivity index is 1.51. The van der Waals surface area contributed by atoms with Gasteiger partial charge in [0.1, 0.15) is 0 Å². The number of hydrogen-bond acceptors (Lipinski definition) is 3. The van der Waals surface area contributed by atoms with Crippen LogP contribution in [0.1, 0.15) is 40.2 Å². The molecule has 0 spiro atoms. The summed E-state index contributed by atoms with van der Waals surface area (Å²) < 4.78 is 0. The third-order valence-electron chi connectivity index (χ3n) is 5.09. The number of nitrogens with zero attached hydrogens (tertiary/aromatic N) is 1. The van der Waals surface area contributed by atoms with Crippen molar-refractivity contribution in [2.45, 2.75) is 25.2 Å². The van der Waals surface area contributed by atoms with Crippen LogP contribution in [0.3, 0.4) is 0 Å². The number of nitrogens with one attached hydrogen (secondary N) is 1. The number of Topliss-reactive ketones (excluding diaryl/α,β-unsaturated/α-hetero) is 1. The third-order valence-corrected chi connectivity index (χ3v) is 5.09. The molecule has 2 aromatic carbocycles. The van der Waals surface area contributed by atoms with E-state index in [1.54, 1.807) is 24.5 Å². The molecular weight excluding hydrogens is 348 g/mol. The second-order valence-corrected chi connectivity index (χ2v) is 7.23. The molecule has 1 fully saturated rings. The zero-order valence-corrected chi connectivity index (χ0v) is 15.5. The van der Waals surface area contributed by atoms with Gasteiger partial charge < -0.3 is 5.32 Å². The zero-order chi connectivity index (χ0) is 19.3. The summed E-state index contributed by atoms with van der Waals surface area (Å²) in [5.41, 5.74) is 3.45. The van der Waals surface area contributed by atoms with Crippen LogP contribution in [0.4, 0.5) is 5.69 Å². The van der Waals surface area contributed by atoms with Crippen molar-refractivity contribution in [1.82, 2.24) is 4.98 Å². The fraction of sp³-hybridized carbons (Fsp3) is 0.208. The molecule has 1 aromatic heterocycles. The number of rotatable bonds is 7. The summed E-state index contributed by atoms with van der Waals surface area (Å²) in [6, 6.07) is 20.9. The van der Waals surface area contributed by atoms with Gasteiger partial charge in [-0.15, -0.1) is 0 Å². The van der Waals surface area contributed by atoms with Gasteiger partial charge in [-0.2, -0.15) is 0 Å². The van der Waals surface area contributed by atoms with Crippen LogP contribution in [0.25, 0.3) is 0 Å². The maximum atomic E-state index is 13.1. The van der Waals surface area contributed by atoms with E-state index in [0.29, 0.717) is 12.1 Å². The Hall–Kier alpha value is -3.27. The third kappa shape index (κ3) is 4.34. The molecule has 1 amide bonds. The first-order chi connectivity index (χ1) is 13.7. The summed E-state index contributed by atoms with van der Waals surface area (Å²) in [5, 5.41) is 3.01. The molecule has 1 unspecified atom stereocenters. The van der Waals surface area contributed by atoms with E-state index in [1.807, 2.05) is 54.6 Å². The van der Waals surface area contributed by atoms with Crippen LogP contribution in [-0.2, 0) is 11.2 Å². The Morgan fingerprint density at radius 3 is 2.25 bits per heavy atom. The normalized spacial score (nSPS) is 14.3. The van der Waals surface area contributed by atoms with Gasteiger partial charge in [0.15, 0.2) is 5.78 Å².